The summed E-state index contributed by atoms with van der Waals surface area (Å²) in [6.07, 6.45) is 0. The van der Waals surface area contributed by atoms with Crippen molar-refractivity contribution in [2.75, 3.05) is 4.90 Å². The highest BCUT2D eigenvalue weighted by Gasteiger charge is 2.27. The van der Waals surface area contributed by atoms with Crippen LogP contribution in [0.2, 0.25) is 0 Å². The van der Waals surface area contributed by atoms with Crippen LogP contribution in [0.25, 0.3) is 22.1 Å². The number of anilines is 1. The second-order valence-electron chi connectivity index (χ2n) is 9.36. The van der Waals surface area contributed by atoms with E-state index in [2.05, 4.69) is 95.0 Å². The first-order valence-corrected chi connectivity index (χ1v) is 11.3. The van der Waals surface area contributed by atoms with Crippen LogP contribution in [0, 0.1) is 27.7 Å². The topological polar surface area (TPSA) is 16.4 Å². The highest BCUT2D eigenvalue weighted by atomic mass is 16.3. The molecule has 4 aromatic rings. The quantitative estimate of drug-likeness (QED) is 0.341. The van der Waals surface area contributed by atoms with Crippen LogP contribution in [0.4, 0.5) is 5.69 Å². The molecule has 0 saturated heterocycles. The Morgan fingerprint density at radius 3 is 1.97 bits per heavy atom. The molecule has 5 rings (SSSR count). The van der Waals surface area contributed by atoms with Crippen molar-refractivity contribution in [1.82, 2.24) is 0 Å². The van der Waals surface area contributed by atoms with Crippen LogP contribution in [0.3, 0.4) is 0 Å². The Morgan fingerprint density at radius 2 is 1.39 bits per heavy atom. The van der Waals surface area contributed by atoms with Gasteiger partial charge in [-0.2, -0.15) is 0 Å². The lowest BCUT2D eigenvalue weighted by atomic mass is 9.92. The van der Waals surface area contributed by atoms with Crippen LogP contribution >= 0.6 is 0 Å². The fourth-order valence-corrected chi connectivity index (χ4v) is 5.26. The van der Waals surface area contributed by atoms with E-state index in [1.54, 1.807) is 0 Å². The zero-order valence-electron chi connectivity index (χ0n) is 19.5. The van der Waals surface area contributed by atoms with Gasteiger partial charge in [-0.1, -0.05) is 62.4 Å². The first kappa shape index (κ1) is 19.9. The van der Waals surface area contributed by atoms with Crippen LogP contribution < -0.4 is 4.90 Å². The Labute approximate surface area is 185 Å². The number of nitrogens with zero attached hydrogens (tertiary/aromatic N) is 1. The van der Waals surface area contributed by atoms with Crippen molar-refractivity contribution in [2.45, 2.75) is 60.5 Å². The summed E-state index contributed by atoms with van der Waals surface area (Å²) in [6.45, 7) is 15.2. The van der Waals surface area contributed by atoms with E-state index >= 15 is 0 Å². The van der Waals surface area contributed by atoms with E-state index in [0.29, 0.717) is 5.92 Å². The summed E-state index contributed by atoms with van der Waals surface area (Å²) in [5.74, 6) is 1.53. The number of rotatable bonds is 3. The second kappa shape index (κ2) is 7.30. The van der Waals surface area contributed by atoms with E-state index in [4.69, 9.17) is 4.42 Å². The first-order chi connectivity index (χ1) is 14.9. The van der Waals surface area contributed by atoms with E-state index in [0.717, 1.165) is 24.4 Å². The Balaban J connectivity index is 1.70. The Morgan fingerprint density at radius 1 is 0.774 bits per heavy atom. The number of furan rings is 1. The minimum atomic E-state index is 0.534. The van der Waals surface area contributed by atoms with E-state index in [1.807, 2.05) is 0 Å². The number of benzene rings is 3. The Kier molecular flexibility index (Phi) is 4.69. The van der Waals surface area contributed by atoms with Crippen LogP contribution in [-0.2, 0) is 13.1 Å². The average molecular weight is 410 g/mol. The molecule has 0 fully saturated rings. The second-order valence-corrected chi connectivity index (χ2v) is 9.36. The predicted molar refractivity (Wildman–Crippen MR) is 131 cm³/mol. The molecule has 1 aliphatic rings. The lowest BCUT2D eigenvalue weighted by molar-refractivity contribution is 0.577. The van der Waals surface area contributed by atoms with Crippen molar-refractivity contribution in [1.29, 1.82) is 0 Å². The molecule has 158 valence electrons. The Bertz CT molecular complexity index is 1270. The van der Waals surface area contributed by atoms with Gasteiger partial charge in [0.05, 0.1) is 0 Å². The van der Waals surface area contributed by atoms with E-state index in [-0.39, 0.29) is 0 Å². The predicted octanol–water partition coefficient (Wildman–Crippen LogP) is 7.98. The number of aryl methyl sites for hydroxylation is 3. The summed E-state index contributed by atoms with van der Waals surface area (Å²) in [5, 5.41) is 1.27. The SMILES string of the molecule is Cc1oc2c(C)c(C)c(N3Cc4ccccc4C3)c(C)c2c1-c1ccc(C(C)C)cc1. The monoisotopic (exact) mass is 409 g/mol. The summed E-state index contributed by atoms with van der Waals surface area (Å²) in [4.78, 5) is 2.54. The van der Waals surface area contributed by atoms with Crippen LogP contribution in [0.15, 0.2) is 52.9 Å². The van der Waals surface area contributed by atoms with Gasteiger partial charge in [-0.3, -0.25) is 0 Å². The first-order valence-electron chi connectivity index (χ1n) is 11.3. The maximum Gasteiger partial charge on any atom is 0.138 e. The Hall–Kier alpha value is -3.00. The minimum Gasteiger partial charge on any atom is -0.460 e. The molecule has 0 bridgehead atoms. The third-order valence-electron chi connectivity index (χ3n) is 7.10. The molecule has 0 amide bonds. The van der Waals surface area contributed by atoms with Crippen LogP contribution in [0.1, 0.15) is 58.9 Å². The van der Waals surface area contributed by atoms with Crippen molar-refractivity contribution in [3.05, 3.63) is 87.7 Å². The maximum atomic E-state index is 6.38. The van der Waals surface area contributed by atoms with Crippen molar-refractivity contribution in [3.8, 4) is 11.1 Å². The van der Waals surface area contributed by atoms with Gasteiger partial charge in [0.15, 0.2) is 0 Å². The highest BCUT2D eigenvalue weighted by molar-refractivity contribution is 6.03. The molecule has 0 N–H and O–H groups in total. The fraction of sp³-hybridized carbons (Fsp3) is 0.310. The zero-order chi connectivity index (χ0) is 21.9. The third kappa shape index (κ3) is 3.08. The van der Waals surface area contributed by atoms with Gasteiger partial charge in [0.25, 0.3) is 0 Å². The average Bonchev–Trinajstić information content (AvgIpc) is 3.33. The molecule has 2 nitrogen and oxygen atoms in total. The van der Waals surface area contributed by atoms with Gasteiger partial charge in [-0.05, 0) is 72.6 Å². The van der Waals surface area contributed by atoms with E-state index in [1.165, 1.54) is 55.6 Å². The lowest BCUT2D eigenvalue weighted by Gasteiger charge is -2.25. The normalized spacial score (nSPS) is 13.5. The fourth-order valence-electron chi connectivity index (χ4n) is 5.26. The molecule has 31 heavy (non-hydrogen) atoms. The van der Waals surface area contributed by atoms with Crippen LogP contribution in [0.5, 0.6) is 0 Å². The van der Waals surface area contributed by atoms with Crippen LogP contribution in [-0.4, -0.2) is 0 Å². The highest BCUT2D eigenvalue weighted by Crippen LogP contribution is 2.45. The number of hydrogen-bond donors (Lipinski definition) is 0. The zero-order valence-corrected chi connectivity index (χ0v) is 19.5. The standard InChI is InChI=1S/C29H31NO/c1-17(2)22-11-13-23(14-12-22)27-21(6)31-29-19(4)18(3)28(20(5)26(27)29)30-15-24-9-7-8-10-25(24)16-30/h7-14,17H,15-16H2,1-6H3. The summed E-state index contributed by atoms with van der Waals surface area (Å²) in [6, 6.07) is 17.8. The van der Waals surface area contributed by atoms with Gasteiger partial charge in [-0.25, -0.2) is 0 Å². The molecule has 0 radical (unpaired) electrons. The molecule has 0 saturated carbocycles. The van der Waals surface area contributed by atoms with Gasteiger partial charge < -0.3 is 9.32 Å². The smallest absolute Gasteiger partial charge is 0.138 e. The van der Waals surface area contributed by atoms with Gasteiger partial charge in [-0.15, -0.1) is 0 Å². The molecular formula is C29H31NO. The molecule has 0 aliphatic carbocycles. The molecule has 1 aliphatic heterocycles. The van der Waals surface area contributed by atoms with Crippen molar-refractivity contribution in [3.63, 3.8) is 0 Å². The summed E-state index contributed by atoms with van der Waals surface area (Å²) in [5.41, 5.74) is 13.0. The van der Waals surface area contributed by atoms with Crippen molar-refractivity contribution < 1.29 is 4.42 Å². The van der Waals surface area contributed by atoms with E-state index in [9.17, 15) is 0 Å². The molecular weight excluding hydrogens is 378 g/mol. The van der Waals surface area contributed by atoms with Gasteiger partial charge >= 0.3 is 0 Å². The number of hydrogen-bond acceptors (Lipinski definition) is 2. The summed E-state index contributed by atoms with van der Waals surface area (Å²) >= 11 is 0. The molecule has 3 aromatic carbocycles. The molecule has 0 unspecified atom stereocenters. The van der Waals surface area contributed by atoms with Crippen molar-refractivity contribution in [2.24, 2.45) is 0 Å². The molecule has 0 atom stereocenters. The van der Waals surface area contributed by atoms with Crippen molar-refractivity contribution >= 4 is 16.7 Å². The van der Waals surface area contributed by atoms with E-state index < -0.39 is 0 Å². The molecule has 0 spiro atoms. The summed E-state index contributed by atoms with van der Waals surface area (Å²) < 4.78 is 6.38. The largest absolute Gasteiger partial charge is 0.460 e. The van der Waals surface area contributed by atoms with Gasteiger partial charge in [0, 0.05) is 29.7 Å². The minimum absolute atomic E-state index is 0.534. The molecule has 2 heteroatoms. The third-order valence-corrected chi connectivity index (χ3v) is 7.10. The summed E-state index contributed by atoms with van der Waals surface area (Å²) in [7, 11) is 0. The lowest BCUT2D eigenvalue weighted by Crippen LogP contribution is -2.17. The number of fused-ring (bicyclic) bond motifs is 2. The maximum absolute atomic E-state index is 6.38. The van der Waals surface area contributed by atoms with Gasteiger partial charge in [0.1, 0.15) is 11.3 Å². The van der Waals surface area contributed by atoms with Gasteiger partial charge in [0.2, 0.25) is 0 Å². The molecule has 1 aromatic heterocycles. The molecule has 2 heterocycles.